The molecule has 8 nitrogen and oxygen atoms in total. The smallest absolute Gasteiger partial charge is 0.318 e. The van der Waals surface area contributed by atoms with E-state index >= 15 is 0 Å². The first-order chi connectivity index (χ1) is 12.8. The number of nitrogens with zero attached hydrogens (tertiary/aromatic N) is 1. The van der Waals surface area contributed by atoms with Crippen molar-refractivity contribution in [3.05, 3.63) is 0 Å². The summed E-state index contributed by atoms with van der Waals surface area (Å²) in [6.45, 7) is 10.2. The number of morpholine rings is 1. The number of urea groups is 1. The van der Waals surface area contributed by atoms with Crippen LogP contribution in [-0.2, 0) is 19.1 Å². The highest BCUT2D eigenvalue weighted by Crippen LogP contribution is 2.18. The molecule has 0 aromatic rings. The first kappa shape index (κ1) is 21.6. The van der Waals surface area contributed by atoms with Crippen molar-refractivity contribution in [3.63, 3.8) is 0 Å². The van der Waals surface area contributed by atoms with Crippen LogP contribution in [0.15, 0.2) is 0 Å². The van der Waals surface area contributed by atoms with E-state index < -0.39 is 12.1 Å². The molecule has 2 fully saturated rings. The molecule has 2 saturated heterocycles. The Balaban J connectivity index is 2.04. The van der Waals surface area contributed by atoms with Gasteiger partial charge in [0.25, 0.3) is 0 Å². The number of ketones is 1. The summed E-state index contributed by atoms with van der Waals surface area (Å²) >= 11 is 0. The number of Topliss-reactive ketones (excluding diaryl/α,β-unsaturated/α-hetero) is 1. The van der Waals surface area contributed by atoms with Crippen LogP contribution >= 0.6 is 0 Å². The Morgan fingerprint density at radius 2 is 1.89 bits per heavy atom. The molecule has 3 unspecified atom stereocenters. The number of carbonyl (C=O) groups is 3. The fourth-order valence-electron chi connectivity index (χ4n) is 3.25. The fourth-order valence-corrected chi connectivity index (χ4v) is 3.25. The minimum Gasteiger partial charge on any atom is -0.378 e. The third kappa shape index (κ3) is 5.90. The van der Waals surface area contributed by atoms with Crippen LogP contribution in [0.5, 0.6) is 0 Å². The first-order valence-corrected chi connectivity index (χ1v) is 9.91. The number of hydrogen-bond acceptors (Lipinski definition) is 5. The van der Waals surface area contributed by atoms with E-state index in [0.29, 0.717) is 45.1 Å². The first-order valence-electron chi connectivity index (χ1n) is 9.91. The standard InChI is InChI=1S/C19H33N3O5/c1-5-16-17(15(23)11-27-16)21-18(24)14(10-13(4)12(2)3)20-19(25)22-6-8-26-9-7-22/h12-14,16-17H,5-11H2,1-4H3,(H,20,25)(H,21,24)/t13?,14-,16?,17?/m0/s1. The van der Waals surface area contributed by atoms with Gasteiger partial charge >= 0.3 is 6.03 Å². The predicted molar refractivity (Wildman–Crippen MR) is 100 cm³/mol. The third-order valence-electron chi connectivity index (χ3n) is 5.52. The summed E-state index contributed by atoms with van der Waals surface area (Å²) in [4.78, 5) is 39.2. The van der Waals surface area contributed by atoms with Gasteiger partial charge in [-0.3, -0.25) is 9.59 Å². The summed E-state index contributed by atoms with van der Waals surface area (Å²) in [5, 5.41) is 5.67. The van der Waals surface area contributed by atoms with Crippen LogP contribution in [0.3, 0.4) is 0 Å². The largest absolute Gasteiger partial charge is 0.378 e. The van der Waals surface area contributed by atoms with Gasteiger partial charge in [-0.05, 0) is 24.7 Å². The maximum atomic E-state index is 12.9. The molecule has 4 atom stereocenters. The second-order valence-corrected chi connectivity index (χ2v) is 7.77. The van der Waals surface area contributed by atoms with Gasteiger partial charge in [0, 0.05) is 13.1 Å². The zero-order valence-corrected chi connectivity index (χ0v) is 16.8. The maximum absolute atomic E-state index is 12.9. The number of nitrogens with one attached hydrogen (secondary N) is 2. The van der Waals surface area contributed by atoms with E-state index in [0.717, 1.165) is 0 Å². The Bertz CT molecular complexity index is 533. The second-order valence-electron chi connectivity index (χ2n) is 7.77. The van der Waals surface area contributed by atoms with Gasteiger partial charge in [0.2, 0.25) is 5.91 Å². The minimum atomic E-state index is -0.691. The van der Waals surface area contributed by atoms with Crippen LogP contribution in [0.2, 0.25) is 0 Å². The summed E-state index contributed by atoms with van der Waals surface area (Å²) in [6, 6.07) is -1.60. The van der Waals surface area contributed by atoms with Crippen LogP contribution in [0.1, 0.15) is 40.5 Å². The third-order valence-corrected chi connectivity index (χ3v) is 5.52. The minimum absolute atomic E-state index is 0.0245. The molecule has 8 heteroatoms. The van der Waals surface area contributed by atoms with Gasteiger partial charge in [-0.1, -0.05) is 27.7 Å². The molecule has 27 heavy (non-hydrogen) atoms. The molecule has 0 saturated carbocycles. The van der Waals surface area contributed by atoms with Crippen molar-refractivity contribution >= 4 is 17.7 Å². The molecule has 3 amide bonds. The number of rotatable bonds is 7. The van der Waals surface area contributed by atoms with E-state index in [4.69, 9.17) is 9.47 Å². The van der Waals surface area contributed by atoms with Gasteiger partial charge in [-0.2, -0.15) is 0 Å². The summed E-state index contributed by atoms with van der Waals surface area (Å²) in [7, 11) is 0. The van der Waals surface area contributed by atoms with E-state index in [9.17, 15) is 14.4 Å². The van der Waals surface area contributed by atoms with Crippen molar-refractivity contribution in [2.75, 3.05) is 32.9 Å². The monoisotopic (exact) mass is 383 g/mol. The molecular formula is C19H33N3O5. The number of hydrogen-bond donors (Lipinski definition) is 2. The Morgan fingerprint density at radius 1 is 1.22 bits per heavy atom. The summed E-state index contributed by atoms with van der Waals surface area (Å²) in [5.74, 6) is 0.167. The van der Waals surface area contributed by atoms with Gasteiger partial charge in [0.15, 0.2) is 5.78 Å². The number of amides is 3. The quantitative estimate of drug-likeness (QED) is 0.682. The SMILES string of the molecule is CCC1OCC(=O)C1NC(=O)[C@H](CC(C)C(C)C)NC(=O)N1CCOCC1. The molecule has 2 aliphatic rings. The fraction of sp³-hybridized carbons (Fsp3) is 0.842. The van der Waals surface area contributed by atoms with E-state index in [1.54, 1.807) is 4.90 Å². The van der Waals surface area contributed by atoms with Crippen molar-refractivity contribution in [2.24, 2.45) is 11.8 Å². The van der Waals surface area contributed by atoms with Crippen molar-refractivity contribution in [3.8, 4) is 0 Å². The van der Waals surface area contributed by atoms with E-state index in [-0.39, 0.29) is 36.4 Å². The molecule has 0 spiro atoms. The molecule has 0 radical (unpaired) electrons. The second kappa shape index (κ2) is 10.0. The van der Waals surface area contributed by atoms with Gasteiger partial charge in [-0.15, -0.1) is 0 Å². The van der Waals surface area contributed by atoms with Crippen LogP contribution in [0.25, 0.3) is 0 Å². The van der Waals surface area contributed by atoms with Crippen LogP contribution in [-0.4, -0.2) is 73.7 Å². The van der Waals surface area contributed by atoms with Crippen molar-refractivity contribution < 1.29 is 23.9 Å². The maximum Gasteiger partial charge on any atom is 0.318 e. The topological polar surface area (TPSA) is 97.0 Å². The van der Waals surface area contributed by atoms with Crippen LogP contribution < -0.4 is 10.6 Å². The van der Waals surface area contributed by atoms with E-state index in [1.165, 1.54) is 0 Å². The lowest BCUT2D eigenvalue weighted by atomic mass is 9.90. The Morgan fingerprint density at radius 3 is 2.48 bits per heavy atom. The molecular weight excluding hydrogens is 350 g/mol. The molecule has 0 bridgehead atoms. The Hall–Kier alpha value is -1.67. The zero-order chi connectivity index (χ0) is 20.0. The van der Waals surface area contributed by atoms with Crippen molar-refractivity contribution in [2.45, 2.75) is 58.7 Å². The molecule has 2 N–H and O–H groups in total. The normalized spacial score (nSPS) is 25.4. The average molecular weight is 383 g/mol. The van der Waals surface area contributed by atoms with Crippen molar-refractivity contribution in [1.82, 2.24) is 15.5 Å². The lowest BCUT2D eigenvalue weighted by molar-refractivity contribution is -0.128. The number of ether oxygens (including phenoxy) is 2. The molecule has 2 heterocycles. The average Bonchev–Trinajstić information content (AvgIpc) is 3.01. The van der Waals surface area contributed by atoms with E-state index in [1.807, 2.05) is 6.92 Å². The highest BCUT2D eigenvalue weighted by atomic mass is 16.5. The predicted octanol–water partition coefficient (Wildman–Crippen LogP) is 0.942. The molecule has 0 aromatic carbocycles. The highest BCUT2D eigenvalue weighted by Gasteiger charge is 2.37. The lowest BCUT2D eigenvalue weighted by Crippen LogP contribution is -2.56. The molecule has 0 aromatic heterocycles. The van der Waals surface area contributed by atoms with Crippen LogP contribution in [0.4, 0.5) is 4.79 Å². The van der Waals surface area contributed by atoms with Gasteiger partial charge in [0.1, 0.15) is 18.7 Å². The van der Waals surface area contributed by atoms with E-state index in [2.05, 4.69) is 31.4 Å². The van der Waals surface area contributed by atoms with Gasteiger partial charge in [0.05, 0.1) is 19.3 Å². The molecule has 2 rings (SSSR count). The number of carbonyl (C=O) groups excluding carboxylic acids is 3. The van der Waals surface area contributed by atoms with Crippen LogP contribution in [0, 0.1) is 11.8 Å². The highest BCUT2D eigenvalue weighted by molar-refractivity contribution is 5.94. The van der Waals surface area contributed by atoms with Crippen molar-refractivity contribution in [1.29, 1.82) is 0 Å². The Kier molecular flexibility index (Phi) is 8.04. The van der Waals surface area contributed by atoms with Gasteiger partial charge in [-0.25, -0.2) is 4.79 Å². The molecule has 0 aliphatic carbocycles. The summed E-state index contributed by atoms with van der Waals surface area (Å²) in [5.41, 5.74) is 0. The summed E-state index contributed by atoms with van der Waals surface area (Å²) < 4.78 is 10.7. The van der Waals surface area contributed by atoms with Gasteiger partial charge < -0.3 is 25.0 Å². The lowest BCUT2D eigenvalue weighted by Gasteiger charge is -2.31. The zero-order valence-electron chi connectivity index (χ0n) is 16.8. The molecule has 2 aliphatic heterocycles. The molecule has 154 valence electrons. The summed E-state index contributed by atoms with van der Waals surface area (Å²) in [6.07, 6.45) is 0.849. The Labute approximate surface area is 161 Å².